The molecule has 0 aliphatic rings. The van der Waals surface area contributed by atoms with E-state index in [2.05, 4.69) is 26.6 Å². The second-order valence-corrected chi connectivity index (χ2v) is 23.0. The summed E-state index contributed by atoms with van der Waals surface area (Å²) in [5, 5.41) is 48.6. The van der Waals surface area contributed by atoms with Crippen LogP contribution in [0, 0.1) is 30.6 Å². The smallest absolute Gasteiger partial charge is 0.305 e. The van der Waals surface area contributed by atoms with Gasteiger partial charge >= 0.3 is 11.9 Å². The first-order valence-corrected chi connectivity index (χ1v) is 30.8. The van der Waals surface area contributed by atoms with Crippen LogP contribution in [0.15, 0.2) is 97.1 Å². The maximum Gasteiger partial charge on any atom is 0.305 e. The van der Waals surface area contributed by atoms with Crippen molar-refractivity contribution in [2.45, 2.75) is 162 Å². The molecule has 0 bridgehead atoms. The minimum Gasteiger partial charge on any atom is -0.491 e. The van der Waals surface area contributed by atoms with E-state index in [4.69, 9.17) is 42.2 Å². The Hall–Kier alpha value is -9.80. The Kier molecular flexibility index (Phi) is 29.0. The summed E-state index contributed by atoms with van der Waals surface area (Å²) >= 11 is 0. The van der Waals surface area contributed by atoms with Gasteiger partial charge < -0.3 is 68.2 Å². The summed E-state index contributed by atoms with van der Waals surface area (Å²) in [5.74, 6) is -7.02. The zero-order valence-electron chi connectivity index (χ0n) is 52.6. The monoisotopic (exact) mass is 1250 g/mol. The molecule has 15 N–H and O–H groups in total. The first kappa shape index (κ1) is 71.9. The first-order chi connectivity index (χ1) is 43.4. The minimum atomic E-state index is -1.85. The third-order valence-electron chi connectivity index (χ3n) is 14.7. The Morgan fingerprint density at radius 1 is 0.538 bits per heavy atom. The molecule has 0 aromatic heterocycles. The molecule has 5 aromatic rings. The van der Waals surface area contributed by atoms with Gasteiger partial charge in [0.25, 0.3) is 17.7 Å². The number of nitrogens with two attached hydrogens (primary N) is 3. The number of unbranched alkanes of at least 4 members (excludes halogenated alkanes) is 5. The summed E-state index contributed by atoms with van der Waals surface area (Å²) in [7, 11) is 0. The molecule has 488 valence electrons. The van der Waals surface area contributed by atoms with Gasteiger partial charge in [0.05, 0.1) is 42.7 Å². The molecular weight excluding hydrogens is 1160 g/mol. The van der Waals surface area contributed by atoms with Crippen LogP contribution in [0.25, 0.3) is 0 Å². The molecule has 0 radical (unpaired) electrons. The van der Waals surface area contributed by atoms with Crippen molar-refractivity contribution in [3.63, 3.8) is 0 Å². The van der Waals surface area contributed by atoms with Crippen LogP contribution < -0.4 is 58.0 Å². The van der Waals surface area contributed by atoms with Crippen molar-refractivity contribution < 1.29 is 62.8 Å². The fourth-order valence-electron chi connectivity index (χ4n) is 9.61. The molecule has 23 nitrogen and oxygen atoms in total. The van der Waals surface area contributed by atoms with E-state index in [1.165, 1.54) is 12.1 Å². The molecule has 0 saturated carbocycles. The highest BCUT2D eigenvalue weighted by molar-refractivity contribution is 6.09. The van der Waals surface area contributed by atoms with E-state index in [1.54, 1.807) is 60.7 Å². The van der Waals surface area contributed by atoms with Crippen LogP contribution in [0.1, 0.15) is 169 Å². The number of aryl methyl sites for hydroxylation is 4. The number of hydrogen-bond acceptors (Lipinski definition) is 13. The second-order valence-electron chi connectivity index (χ2n) is 23.0. The molecular formula is C68H88N10O13. The van der Waals surface area contributed by atoms with Crippen molar-refractivity contribution in [2.75, 3.05) is 23.8 Å². The largest absolute Gasteiger partial charge is 0.491 e. The zero-order chi connectivity index (χ0) is 66.6. The van der Waals surface area contributed by atoms with Crippen LogP contribution in [0.5, 0.6) is 17.2 Å². The van der Waals surface area contributed by atoms with Crippen LogP contribution >= 0.6 is 0 Å². The average Bonchev–Trinajstić information content (AvgIpc) is 0.857. The number of ether oxygens (including phenoxy) is 3. The predicted molar refractivity (Wildman–Crippen MR) is 348 cm³/mol. The standard InChI is InChI=1S/C68H88N10O13/c1-6-7-31-89-55-36-49(65(85)76-53(38-60(81)82)68(88)74-51(29-30-59(79)80)67(87)75-52(63(73)83)32-44-17-11-8-12-18-44)33-46(19-13-9-15-21-57(69)70)61(55)78-66(86)50-34-47(20-14-10-16-22-58(71)72)62(56(37-50)90-39-41(2)3)77-64(84)48-28-25-43(5)54(35-48)91-40-45-26-23-42(4)24-27-45/h8,11-12,17-18,23-28,33-37,41,51-53H,6-7,9-10,13-16,19-22,29-32,38-40H2,1-5H3,(H3,69,70)(H3,71,72)(H2,73,83)(H,74,88)(H,75,87)(H,76,85)(H,77,84)(H,78,86)(H,79,80)(H,81,82)/t51?,52-,53-/m0/s1. The lowest BCUT2D eigenvalue weighted by atomic mass is 9.98. The van der Waals surface area contributed by atoms with Gasteiger partial charge in [-0.2, -0.15) is 0 Å². The number of amides is 6. The predicted octanol–water partition coefficient (Wildman–Crippen LogP) is 8.81. The van der Waals surface area contributed by atoms with Crippen molar-refractivity contribution in [2.24, 2.45) is 23.1 Å². The number of primary amides is 1. The molecule has 1 unspecified atom stereocenters. The number of hydrogen-bond donors (Lipinski definition) is 12. The van der Waals surface area contributed by atoms with Gasteiger partial charge in [-0.3, -0.25) is 49.2 Å². The molecule has 91 heavy (non-hydrogen) atoms. The van der Waals surface area contributed by atoms with Gasteiger partial charge in [-0.1, -0.05) is 106 Å². The van der Waals surface area contributed by atoms with Crippen molar-refractivity contribution in [1.29, 1.82) is 10.8 Å². The highest BCUT2D eigenvalue weighted by Gasteiger charge is 2.32. The Labute approximate surface area is 531 Å². The fourth-order valence-corrected chi connectivity index (χ4v) is 9.61. The van der Waals surface area contributed by atoms with Gasteiger partial charge in [-0.25, -0.2) is 0 Å². The summed E-state index contributed by atoms with van der Waals surface area (Å²) in [5.41, 5.74) is 22.4. The van der Waals surface area contributed by atoms with Gasteiger partial charge in [0.15, 0.2) is 0 Å². The molecule has 0 spiro atoms. The number of carbonyl (C=O) groups is 8. The lowest BCUT2D eigenvalue weighted by molar-refractivity contribution is -0.140. The molecule has 3 atom stereocenters. The zero-order valence-corrected chi connectivity index (χ0v) is 52.6. The van der Waals surface area contributed by atoms with E-state index >= 15 is 4.79 Å². The number of carboxylic acids is 2. The molecule has 0 aliphatic carbocycles. The van der Waals surface area contributed by atoms with Crippen molar-refractivity contribution >= 4 is 70.4 Å². The number of carbonyl (C=O) groups excluding carboxylic acids is 6. The first-order valence-electron chi connectivity index (χ1n) is 30.8. The van der Waals surface area contributed by atoms with Crippen LogP contribution in [0.4, 0.5) is 11.4 Å². The summed E-state index contributed by atoms with van der Waals surface area (Å²) < 4.78 is 19.0. The van der Waals surface area contributed by atoms with E-state index in [1.807, 2.05) is 58.9 Å². The van der Waals surface area contributed by atoms with Gasteiger partial charge in [0.2, 0.25) is 17.7 Å². The van der Waals surface area contributed by atoms with E-state index in [-0.39, 0.29) is 78.6 Å². The average molecular weight is 1250 g/mol. The van der Waals surface area contributed by atoms with Gasteiger partial charge in [-0.05, 0) is 135 Å². The molecule has 6 amide bonds. The SMILES string of the molecule is CCCCOc1cc(C(=O)N[C@@H](CC(=O)O)C(=O)NC(CCC(=O)O)C(=O)N[C@@H](Cc2ccccc2)C(N)=O)cc(CCCCCC(=N)N)c1NC(=O)c1cc(CCCCCC(=N)N)c(NC(=O)c2ccc(C)c(OCc3ccc(C)cc3)c2)c(OCC(C)C)c1. The minimum absolute atomic E-state index is 0.00570. The van der Waals surface area contributed by atoms with Crippen LogP contribution in [0.3, 0.4) is 0 Å². The quantitative estimate of drug-likeness (QED) is 0.00990. The van der Waals surface area contributed by atoms with Gasteiger partial charge in [0.1, 0.15) is 42.0 Å². The Morgan fingerprint density at radius 2 is 1.09 bits per heavy atom. The van der Waals surface area contributed by atoms with E-state index < -0.39 is 84.8 Å². The van der Waals surface area contributed by atoms with Crippen molar-refractivity contribution in [3.8, 4) is 17.2 Å². The maximum atomic E-state index is 15.1. The van der Waals surface area contributed by atoms with E-state index in [9.17, 15) is 43.8 Å². The highest BCUT2D eigenvalue weighted by Crippen LogP contribution is 2.37. The summed E-state index contributed by atoms with van der Waals surface area (Å²) in [6.45, 7) is 10.4. The van der Waals surface area contributed by atoms with E-state index in [0.717, 1.165) is 16.7 Å². The number of aliphatic carboxylic acids is 2. The second kappa shape index (κ2) is 36.6. The number of benzene rings is 5. The van der Waals surface area contributed by atoms with Crippen LogP contribution in [-0.4, -0.2) is 101 Å². The summed E-state index contributed by atoms with van der Waals surface area (Å²) in [6.07, 6.45) is 3.91. The Bertz CT molecular complexity index is 3360. The number of carboxylic acid groups (broad SMARTS) is 2. The molecule has 0 aliphatic heterocycles. The summed E-state index contributed by atoms with van der Waals surface area (Å²) in [4.78, 5) is 108. The number of rotatable bonds is 40. The summed E-state index contributed by atoms with van der Waals surface area (Å²) in [6, 6.07) is 23.0. The molecule has 5 rings (SSSR count). The molecule has 0 heterocycles. The van der Waals surface area contributed by atoms with E-state index in [0.29, 0.717) is 104 Å². The molecule has 0 fully saturated rings. The topological polar surface area (TPSA) is 391 Å². The molecule has 23 heteroatoms. The molecule has 0 saturated heterocycles. The van der Waals surface area contributed by atoms with Crippen LogP contribution in [0.2, 0.25) is 0 Å². The van der Waals surface area contributed by atoms with Crippen molar-refractivity contribution in [3.05, 3.63) is 147 Å². The third-order valence-corrected chi connectivity index (χ3v) is 14.7. The lowest BCUT2D eigenvalue weighted by Crippen LogP contribution is -2.57. The molecule has 5 aromatic carbocycles. The Balaban J connectivity index is 1.55. The maximum absolute atomic E-state index is 15.1. The van der Waals surface area contributed by atoms with Gasteiger partial charge in [-0.15, -0.1) is 0 Å². The number of amidine groups is 2. The number of anilines is 2. The van der Waals surface area contributed by atoms with Crippen LogP contribution in [-0.2, 0) is 49.8 Å². The lowest BCUT2D eigenvalue weighted by Gasteiger charge is -2.24. The van der Waals surface area contributed by atoms with Gasteiger partial charge in [0, 0.05) is 42.4 Å². The fraction of sp³-hybridized carbons (Fsp3) is 0.412. The third kappa shape index (κ3) is 24.6. The number of nitrogens with one attached hydrogen (secondary N) is 7. The Morgan fingerprint density at radius 3 is 1.64 bits per heavy atom. The van der Waals surface area contributed by atoms with Crippen molar-refractivity contribution in [1.82, 2.24) is 16.0 Å². The normalized spacial score (nSPS) is 11.9. The highest BCUT2D eigenvalue weighted by atomic mass is 16.5.